The molecular weight excluding hydrogens is 264 g/mol. The highest BCUT2D eigenvalue weighted by molar-refractivity contribution is 5.92. The van der Waals surface area contributed by atoms with Gasteiger partial charge in [-0.2, -0.15) is 0 Å². The Hall–Kier alpha value is -1.76. The van der Waals surface area contributed by atoms with Crippen molar-refractivity contribution in [3.63, 3.8) is 0 Å². The fourth-order valence-electron chi connectivity index (χ4n) is 2.59. The molecule has 0 aromatic heterocycles. The number of hydrogen-bond donors (Lipinski definition) is 4. The third-order valence-corrected chi connectivity index (χ3v) is 3.79. The van der Waals surface area contributed by atoms with Crippen molar-refractivity contribution in [2.24, 2.45) is 5.92 Å². The molecule has 0 amide bonds. The average molecular weight is 280 g/mol. The lowest BCUT2D eigenvalue weighted by molar-refractivity contribution is -0.190. The summed E-state index contributed by atoms with van der Waals surface area (Å²) in [6, 6.07) is 8.70. The van der Waals surface area contributed by atoms with Crippen LogP contribution in [0.5, 0.6) is 0 Å². The summed E-state index contributed by atoms with van der Waals surface area (Å²) in [6.45, 7) is 0. The van der Waals surface area contributed by atoms with E-state index >= 15 is 0 Å². The van der Waals surface area contributed by atoms with Gasteiger partial charge in [0.2, 0.25) is 0 Å². The first kappa shape index (κ1) is 14.6. The van der Waals surface area contributed by atoms with Crippen LogP contribution in [0, 0.1) is 5.92 Å². The molecule has 0 unspecified atom stereocenters. The normalized spacial score (nSPS) is 34.0. The second kappa shape index (κ2) is 5.32. The number of aliphatic carboxylic acids is 1. The molecule has 1 aromatic rings. The highest BCUT2D eigenvalue weighted by Crippen LogP contribution is 2.35. The van der Waals surface area contributed by atoms with Crippen molar-refractivity contribution in [3.8, 4) is 0 Å². The maximum atomic E-state index is 11.5. The van der Waals surface area contributed by atoms with Crippen LogP contribution < -0.4 is 0 Å². The Morgan fingerprint density at radius 2 is 1.85 bits per heavy atom. The topological polar surface area (TPSA) is 115 Å². The van der Waals surface area contributed by atoms with Crippen LogP contribution in [0.15, 0.2) is 30.3 Å². The molecule has 1 saturated carbocycles. The molecule has 1 aliphatic carbocycles. The van der Waals surface area contributed by atoms with E-state index in [0.717, 1.165) is 0 Å². The molecule has 0 bridgehead atoms. The smallest absolute Gasteiger partial charge is 0.336 e. The summed E-state index contributed by atoms with van der Waals surface area (Å²) < 4.78 is 0. The summed E-state index contributed by atoms with van der Waals surface area (Å²) in [5.41, 5.74) is -1.66. The van der Waals surface area contributed by atoms with Gasteiger partial charge in [0.1, 0.15) is 6.10 Å². The van der Waals surface area contributed by atoms with Crippen LogP contribution >= 0.6 is 0 Å². The monoisotopic (exact) mass is 280 g/mol. The molecule has 1 aliphatic rings. The summed E-state index contributed by atoms with van der Waals surface area (Å²) in [6.07, 6.45) is -3.94. The minimum Gasteiger partial charge on any atom is -0.479 e. The van der Waals surface area contributed by atoms with Gasteiger partial charge < -0.3 is 20.4 Å². The molecule has 2 rings (SSSR count). The average Bonchev–Trinajstić information content (AvgIpc) is 2.42. The number of carbonyl (C=O) groups is 2. The van der Waals surface area contributed by atoms with Gasteiger partial charge in [0.15, 0.2) is 11.4 Å². The Labute approximate surface area is 115 Å². The van der Waals surface area contributed by atoms with Crippen molar-refractivity contribution in [2.75, 3.05) is 0 Å². The first-order chi connectivity index (χ1) is 9.36. The zero-order valence-corrected chi connectivity index (χ0v) is 10.6. The van der Waals surface area contributed by atoms with Crippen LogP contribution in [0.4, 0.5) is 0 Å². The molecular formula is C14H16O6. The number of aliphatic hydroxyl groups excluding tert-OH is 2. The molecule has 6 nitrogen and oxygen atoms in total. The maximum Gasteiger partial charge on any atom is 0.336 e. The molecule has 0 radical (unpaired) electrons. The van der Waals surface area contributed by atoms with E-state index < -0.39 is 41.9 Å². The predicted octanol–water partition coefficient (Wildman–Crippen LogP) is -0.644. The van der Waals surface area contributed by atoms with Gasteiger partial charge in [0.25, 0.3) is 0 Å². The van der Waals surface area contributed by atoms with Crippen molar-refractivity contribution in [2.45, 2.75) is 30.7 Å². The highest BCUT2D eigenvalue weighted by Gasteiger charge is 2.55. The van der Waals surface area contributed by atoms with Crippen molar-refractivity contribution in [1.82, 2.24) is 0 Å². The van der Waals surface area contributed by atoms with E-state index in [1.54, 1.807) is 30.3 Å². The number of carboxylic acid groups (broad SMARTS) is 1. The Morgan fingerprint density at radius 1 is 1.25 bits per heavy atom. The summed E-state index contributed by atoms with van der Waals surface area (Å²) >= 11 is 0. The lowest BCUT2D eigenvalue weighted by atomic mass is 9.69. The largest absolute Gasteiger partial charge is 0.479 e. The first-order valence-electron chi connectivity index (χ1n) is 6.25. The number of ketones is 1. The van der Waals surface area contributed by atoms with Gasteiger partial charge in [-0.25, -0.2) is 4.79 Å². The minimum atomic E-state index is -2.37. The fourth-order valence-corrected chi connectivity index (χ4v) is 2.59. The lowest BCUT2D eigenvalue weighted by Crippen LogP contribution is -2.61. The number of Topliss-reactive ketones (excluding diaryl/α,β-unsaturated/α-hetero) is 1. The quantitative estimate of drug-likeness (QED) is 0.585. The maximum absolute atomic E-state index is 11.5. The summed E-state index contributed by atoms with van der Waals surface area (Å²) in [5, 5.41) is 39.0. The number of carbonyl (C=O) groups excluding carboxylic acids is 1. The zero-order chi connectivity index (χ0) is 14.9. The van der Waals surface area contributed by atoms with Gasteiger partial charge in [0.05, 0.1) is 6.10 Å². The first-order valence-corrected chi connectivity index (χ1v) is 6.25. The second-order valence-corrected chi connectivity index (χ2v) is 5.10. The van der Waals surface area contributed by atoms with Crippen molar-refractivity contribution >= 4 is 11.8 Å². The summed E-state index contributed by atoms with van der Waals surface area (Å²) in [7, 11) is 0. The van der Waals surface area contributed by atoms with Gasteiger partial charge in [0, 0.05) is 12.3 Å². The van der Waals surface area contributed by atoms with Crippen molar-refractivity contribution in [3.05, 3.63) is 35.9 Å². The van der Waals surface area contributed by atoms with Crippen LogP contribution in [0.1, 0.15) is 12.0 Å². The fraction of sp³-hybridized carbons (Fsp3) is 0.429. The Morgan fingerprint density at radius 3 is 2.40 bits per heavy atom. The van der Waals surface area contributed by atoms with E-state index in [1.165, 1.54) is 0 Å². The van der Waals surface area contributed by atoms with E-state index in [2.05, 4.69) is 0 Å². The number of carboxylic acids is 1. The van der Waals surface area contributed by atoms with Crippen molar-refractivity contribution in [1.29, 1.82) is 0 Å². The van der Waals surface area contributed by atoms with E-state index in [0.29, 0.717) is 5.56 Å². The molecule has 20 heavy (non-hydrogen) atoms. The molecule has 0 saturated heterocycles. The number of rotatable bonds is 3. The third-order valence-electron chi connectivity index (χ3n) is 3.79. The van der Waals surface area contributed by atoms with Gasteiger partial charge in [-0.3, -0.25) is 4.79 Å². The van der Waals surface area contributed by atoms with Crippen LogP contribution in [0.25, 0.3) is 0 Å². The third kappa shape index (κ3) is 2.45. The van der Waals surface area contributed by atoms with Gasteiger partial charge >= 0.3 is 5.97 Å². The molecule has 1 aromatic carbocycles. The number of benzene rings is 1. The molecule has 1 fully saturated rings. The number of aliphatic hydroxyl groups is 3. The molecule has 4 atom stereocenters. The van der Waals surface area contributed by atoms with E-state index in [9.17, 15) is 30.0 Å². The Balaban J connectivity index is 2.34. The molecule has 0 spiro atoms. The van der Waals surface area contributed by atoms with Gasteiger partial charge in [-0.15, -0.1) is 0 Å². The number of hydrogen-bond acceptors (Lipinski definition) is 5. The molecule has 0 heterocycles. The predicted molar refractivity (Wildman–Crippen MR) is 67.9 cm³/mol. The van der Waals surface area contributed by atoms with Gasteiger partial charge in [-0.1, -0.05) is 30.3 Å². The van der Waals surface area contributed by atoms with Gasteiger partial charge in [-0.05, 0) is 12.0 Å². The van der Waals surface area contributed by atoms with Crippen LogP contribution in [0.3, 0.4) is 0 Å². The van der Waals surface area contributed by atoms with Crippen LogP contribution in [-0.4, -0.2) is 50.0 Å². The van der Waals surface area contributed by atoms with E-state index in [-0.39, 0.29) is 6.42 Å². The standard InChI is InChI=1S/C14H16O6/c15-10-7-14(20,13(18)19)9(11(16)12(10)17)6-8-4-2-1-3-5-8/h1-5,9,11-12,16-17,20H,6-7H2,(H,18,19)/t9-,11+,12+,14+/m0/s1. The lowest BCUT2D eigenvalue weighted by Gasteiger charge is -2.41. The Bertz CT molecular complexity index is 514. The van der Waals surface area contributed by atoms with Crippen molar-refractivity contribution < 1.29 is 30.0 Å². The summed E-state index contributed by atoms with van der Waals surface area (Å²) in [5.74, 6) is -3.60. The molecule has 0 aliphatic heterocycles. The zero-order valence-electron chi connectivity index (χ0n) is 10.6. The van der Waals surface area contributed by atoms with Crippen LogP contribution in [-0.2, 0) is 16.0 Å². The second-order valence-electron chi connectivity index (χ2n) is 5.10. The highest BCUT2D eigenvalue weighted by atomic mass is 16.4. The van der Waals surface area contributed by atoms with E-state index in [4.69, 9.17) is 0 Å². The molecule has 108 valence electrons. The SMILES string of the molecule is O=C1C[C@](O)(C(=O)O)[C@@H](Cc2ccccc2)[C@@H](O)[C@@H]1O. The molecule has 4 N–H and O–H groups in total. The van der Waals surface area contributed by atoms with E-state index in [1.807, 2.05) is 0 Å². The minimum absolute atomic E-state index is 0.0507. The summed E-state index contributed by atoms with van der Waals surface area (Å²) in [4.78, 5) is 22.8. The molecule has 6 heteroatoms. The Kier molecular flexibility index (Phi) is 3.89. The van der Waals surface area contributed by atoms with Crippen LogP contribution in [0.2, 0.25) is 0 Å².